The zero-order valence-electron chi connectivity index (χ0n) is 15.0. The van der Waals surface area contributed by atoms with Crippen molar-refractivity contribution in [1.82, 2.24) is 4.90 Å². The molecule has 3 rings (SSSR count). The number of carbonyl (C=O) groups excluding carboxylic acids is 4. The summed E-state index contributed by atoms with van der Waals surface area (Å²) in [4.78, 5) is 49.8. The number of nitrogens with zero attached hydrogens (tertiary/aromatic N) is 1. The second-order valence-corrected chi connectivity index (χ2v) is 6.66. The number of anilines is 1. The van der Waals surface area contributed by atoms with Gasteiger partial charge < -0.3 is 10.1 Å². The number of ether oxygens (including phenoxy) is 1. The Balaban J connectivity index is 1.56. The van der Waals surface area contributed by atoms with Gasteiger partial charge in [0.2, 0.25) is 11.8 Å². The highest BCUT2D eigenvalue weighted by Gasteiger charge is 2.50. The number of rotatable bonds is 5. The first-order chi connectivity index (χ1) is 13.3. The van der Waals surface area contributed by atoms with E-state index in [-0.39, 0.29) is 5.69 Å². The van der Waals surface area contributed by atoms with Crippen LogP contribution in [0.4, 0.5) is 14.5 Å². The number of likely N-dealkylation sites (tertiary alicyclic amines) is 1. The van der Waals surface area contributed by atoms with E-state index in [4.69, 9.17) is 4.74 Å². The van der Waals surface area contributed by atoms with Crippen molar-refractivity contribution in [2.75, 3.05) is 11.9 Å². The summed E-state index contributed by atoms with van der Waals surface area (Å²) in [5.74, 6) is -5.35. The molecule has 1 aliphatic heterocycles. The normalized spacial score (nSPS) is 22.0. The first-order valence-corrected chi connectivity index (χ1v) is 8.73. The quantitative estimate of drug-likeness (QED) is 0.469. The van der Waals surface area contributed by atoms with E-state index >= 15 is 0 Å². The topological polar surface area (TPSA) is 92.8 Å². The van der Waals surface area contributed by atoms with Crippen molar-refractivity contribution in [3.05, 3.63) is 42.0 Å². The summed E-state index contributed by atoms with van der Waals surface area (Å²) in [6, 6.07) is 1.42. The van der Waals surface area contributed by atoms with Gasteiger partial charge in [-0.3, -0.25) is 19.3 Å². The highest BCUT2D eigenvalue weighted by atomic mass is 19.1. The molecule has 0 radical (unpaired) electrons. The molecular formula is C19H18F2N2O5. The Morgan fingerprint density at radius 3 is 2.36 bits per heavy atom. The Kier molecular flexibility index (Phi) is 5.53. The lowest BCUT2D eigenvalue weighted by Crippen LogP contribution is -2.45. The maximum absolute atomic E-state index is 13.5. The Morgan fingerprint density at radius 2 is 1.79 bits per heavy atom. The number of esters is 1. The Labute approximate surface area is 159 Å². The number of allylic oxidation sites excluding steroid dienone is 2. The van der Waals surface area contributed by atoms with E-state index < -0.39 is 59.8 Å². The molecule has 0 aromatic heterocycles. The number of fused-ring (bicyclic) bond motifs is 1. The van der Waals surface area contributed by atoms with Gasteiger partial charge in [-0.25, -0.2) is 13.6 Å². The molecule has 3 atom stereocenters. The van der Waals surface area contributed by atoms with Crippen LogP contribution in [0.25, 0.3) is 0 Å². The number of imide groups is 1. The van der Waals surface area contributed by atoms with Crippen LogP contribution in [-0.4, -0.2) is 41.2 Å². The second kappa shape index (κ2) is 7.87. The van der Waals surface area contributed by atoms with Gasteiger partial charge in [-0.15, -0.1) is 0 Å². The van der Waals surface area contributed by atoms with E-state index in [0.29, 0.717) is 18.9 Å². The van der Waals surface area contributed by atoms with Crippen molar-refractivity contribution in [3.8, 4) is 0 Å². The lowest BCUT2D eigenvalue weighted by Gasteiger charge is -2.21. The third-order valence-electron chi connectivity index (χ3n) is 4.82. The third-order valence-corrected chi connectivity index (χ3v) is 4.82. The fourth-order valence-corrected chi connectivity index (χ4v) is 3.35. The minimum absolute atomic E-state index is 0.267. The first kappa shape index (κ1) is 19.7. The van der Waals surface area contributed by atoms with Crippen LogP contribution in [0.5, 0.6) is 0 Å². The second-order valence-electron chi connectivity index (χ2n) is 6.66. The van der Waals surface area contributed by atoms with Crippen molar-refractivity contribution in [2.45, 2.75) is 25.8 Å². The largest absolute Gasteiger partial charge is 0.454 e. The molecule has 0 spiro atoms. The van der Waals surface area contributed by atoms with Gasteiger partial charge in [0, 0.05) is 6.07 Å². The lowest BCUT2D eigenvalue weighted by molar-refractivity contribution is -0.159. The first-order valence-electron chi connectivity index (χ1n) is 8.73. The molecule has 3 amide bonds. The van der Waals surface area contributed by atoms with Crippen molar-refractivity contribution in [3.63, 3.8) is 0 Å². The SMILES string of the molecule is C[C@@H](C(=O)OCC(=O)Nc1ccc(F)cc1F)N1C(=O)[C@@H]2CC=CC[C@H]2C1=O. The number of carbonyl (C=O) groups is 4. The van der Waals surface area contributed by atoms with Crippen LogP contribution in [0.3, 0.4) is 0 Å². The average molecular weight is 392 g/mol. The van der Waals surface area contributed by atoms with Crippen LogP contribution in [-0.2, 0) is 23.9 Å². The van der Waals surface area contributed by atoms with E-state index in [1.54, 1.807) is 0 Å². The predicted molar refractivity (Wildman–Crippen MR) is 92.6 cm³/mol. The molecular weight excluding hydrogens is 374 g/mol. The van der Waals surface area contributed by atoms with Crippen LogP contribution < -0.4 is 5.32 Å². The molecule has 1 aromatic rings. The van der Waals surface area contributed by atoms with Gasteiger partial charge in [0.25, 0.3) is 5.91 Å². The van der Waals surface area contributed by atoms with Crippen molar-refractivity contribution in [2.24, 2.45) is 11.8 Å². The molecule has 28 heavy (non-hydrogen) atoms. The molecule has 0 bridgehead atoms. The molecule has 2 aliphatic rings. The van der Waals surface area contributed by atoms with Crippen molar-refractivity contribution >= 4 is 29.4 Å². The van der Waals surface area contributed by atoms with Gasteiger partial charge in [-0.2, -0.15) is 0 Å². The Morgan fingerprint density at radius 1 is 1.18 bits per heavy atom. The molecule has 1 heterocycles. The number of halogens is 2. The molecule has 1 aliphatic carbocycles. The molecule has 1 aromatic carbocycles. The van der Waals surface area contributed by atoms with Gasteiger partial charge in [-0.1, -0.05) is 12.2 Å². The van der Waals surface area contributed by atoms with Crippen LogP contribution in [0.2, 0.25) is 0 Å². The molecule has 0 unspecified atom stereocenters. The lowest BCUT2D eigenvalue weighted by atomic mass is 9.85. The van der Waals surface area contributed by atoms with Crippen molar-refractivity contribution in [1.29, 1.82) is 0 Å². The highest BCUT2D eigenvalue weighted by molar-refractivity contribution is 6.08. The van der Waals surface area contributed by atoms with Crippen molar-refractivity contribution < 1.29 is 32.7 Å². The highest BCUT2D eigenvalue weighted by Crippen LogP contribution is 2.36. The molecule has 148 valence electrons. The van der Waals surface area contributed by atoms with E-state index in [1.165, 1.54) is 6.92 Å². The maximum Gasteiger partial charge on any atom is 0.329 e. The van der Waals surface area contributed by atoms with E-state index in [0.717, 1.165) is 17.0 Å². The zero-order valence-corrected chi connectivity index (χ0v) is 15.0. The smallest absolute Gasteiger partial charge is 0.329 e. The van der Waals surface area contributed by atoms with Crippen LogP contribution in [0.15, 0.2) is 30.4 Å². The summed E-state index contributed by atoms with van der Waals surface area (Å²) in [5.41, 5.74) is -0.267. The molecule has 7 nitrogen and oxygen atoms in total. The van der Waals surface area contributed by atoms with Gasteiger partial charge in [-0.05, 0) is 31.9 Å². The number of amides is 3. The number of benzene rings is 1. The fourth-order valence-electron chi connectivity index (χ4n) is 3.35. The van der Waals surface area contributed by atoms with E-state index in [1.807, 2.05) is 12.2 Å². The van der Waals surface area contributed by atoms with E-state index in [2.05, 4.69) is 5.32 Å². The summed E-state index contributed by atoms with van der Waals surface area (Å²) in [5, 5.41) is 2.15. The predicted octanol–water partition coefficient (Wildman–Crippen LogP) is 1.79. The third kappa shape index (κ3) is 3.78. The van der Waals surface area contributed by atoms with Crippen LogP contribution >= 0.6 is 0 Å². The van der Waals surface area contributed by atoms with Gasteiger partial charge in [0.05, 0.1) is 17.5 Å². The Bertz CT molecular complexity index is 844. The number of nitrogens with one attached hydrogen (secondary N) is 1. The Hall–Kier alpha value is -3.10. The average Bonchev–Trinajstić information content (AvgIpc) is 2.92. The minimum Gasteiger partial charge on any atom is -0.454 e. The van der Waals surface area contributed by atoms with Crippen LogP contribution in [0.1, 0.15) is 19.8 Å². The molecule has 1 N–H and O–H groups in total. The molecule has 9 heteroatoms. The summed E-state index contributed by atoms with van der Waals surface area (Å²) >= 11 is 0. The summed E-state index contributed by atoms with van der Waals surface area (Å²) in [6.07, 6.45) is 4.55. The molecule has 1 fully saturated rings. The molecule has 0 saturated carbocycles. The standard InChI is InChI=1S/C19H18F2N2O5/c1-10(23-17(25)12-4-2-3-5-13(12)18(23)26)19(27)28-9-16(24)22-15-7-6-11(20)8-14(15)21/h2-3,6-8,10,12-13H,4-5,9H2,1H3,(H,22,24)/t10-,12+,13+/m0/s1. The monoisotopic (exact) mass is 392 g/mol. The fraction of sp³-hybridized carbons (Fsp3) is 0.368. The molecule has 1 saturated heterocycles. The van der Waals surface area contributed by atoms with E-state index in [9.17, 15) is 28.0 Å². The summed E-state index contributed by atoms with van der Waals surface area (Å²) in [6.45, 7) is 0.602. The minimum atomic E-state index is -1.18. The van der Waals surface area contributed by atoms with Gasteiger partial charge >= 0.3 is 5.97 Å². The van der Waals surface area contributed by atoms with Crippen LogP contribution in [0, 0.1) is 23.5 Å². The summed E-state index contributed by atoms with van der Waals surface area (Å²) < 4.78 is 31.2. The van der Waals surface area contributed by atoms with Gasteiger partial charge in [0.1, 0.15) is 17.7 Å². The van der Waals surface area contributed by atoms with Gasteiger partial charge in [0.15, 0.2) is 6.61 Å². The maximum atomic E-state index is 13.5. The number of hydrogen-bond acceptors (Lipinski definition) is 5. The zero-order chi connectivity index (χ0) is 20.4. The summed E-state index contributed by atoms with van der Waals surface area (Å²) in [7, 11) is 0. The number of hydrogen-bond donors (Lipinski definition) is 1.